The number of piperazine rings is 1. The number of hydrogen-bond acceptors (Lipinski definition) is 6. The molecule has 1 N–H and O–H groups in total. The number of carbonyl (C=O) groups is 1. The van der Waals surface area contributed by atoms with Crippen molar-refractivity contribution in [3.05, 3.63) is 24.3 Å². The zero-order chi connectivity index (χ0) is 17.2. The first-order chi connectivity index (χ1) is 11.5. The maximum atomic E-state index is 12.7. The van der Waals surface area contributed by atoms with Crippen molar-refractivity contribution >= 4 is 27.7 Å². The van der Waals surface area contributed by atoms with Crippen molar-refractivity contribution in [1.29, 1.82) is 0 Å². The summed E-state index contributed by atoms with van der Waals surface area (Å²) in [5, 5.41) is 3.16. The van der Waals surface area contributed by atoms with Crippen LogP contribution in [0.1, 0.15) is 0 Å². The molecule has 9 heteroatoms. The summed E-state index contributed by atoms with van der Waals surface area (Å²) in [4.78, 5) is 14.4. The molecule has 0 spiro atoms. The van der Waals surface area contributed by atoms with Crippen LogP contribution in [0.5, 0.6) is 5.75 Å². The number of thioether (sulfide) groups is 1. The van der Waals surface area contributed by atoms with Crippen LogP contribution in [-0.4, -0.2) is 74.5 Å². The summed E-state index contributed by atoms with van der Waals surface area (Å²) in [7, 11) is -2.00. The zero-order valence-electron chi connectivity index (χ0n) is 13.5. The minimum absolute atomic E-state index is 0.0708. The van der Waals surface area contributed by atoms with E-state index in [1.54, 1.807) is 40.9 Å². The number of rotatable bonds is 4. The van der Waals surface area contributed by atoms with Crippen LogP contribution in [0, 0.1) is 0 Å². The first-order valence-electron chi connectivity index (χ1n) is 7.76. The molecule has 0 aliphatic carbocycles. The van der Waals surface area contributed by atoms with E-state index in [4.69, 9.17) is 4.74 Å². The van der Waals surface area contributed by atoms with Crippen LogP contribution in [0.4, 0.5) is 0 Å². The van der Waals surface area contributed by atoms with Gasteiger partial charge < -0.3 is 9.64 Å². The third-order valence-corrected chi connectivity index (χ3v) is 7.11. The van der Waals surface area contributed by atoms with E-state index in [-0.39, 0.29) is 16.8 Å². The highest BCUT2D eigenvalue weighted by Gasteiger charge is 2.33. The number of nitrogens with one attached hydrogen (secondary N) is 1. The SMILES string of the molecule is COc1ccc(S(=O)(=O)N2CCN(C(=O)C3CSCN3)CC2)cc1. The first-order valence-corrected chi connectivity index (χ1v) is 10.4. The monoisotopic (exact) mass is 371 g/mol. The van der Waals surface area contributed by atoms with Gasteiger partial charge in [-0.2, -0.15) is 4.31 Å². The van der Waals surface area contributed by atoms with Gasteiger partial charge in [0.1, 0.15) is 5.75 Å². The summed E-state index contributed by atoms with van der Waals surface area (Å²) in [5.41, 5.74) is 0. The molecule has 1 aromatic rings. The minimum Gasteiger partial charge on any atom is -0.497 e. The molecule has 0 saturated carbocycles. The Bertz CT molecular complexity index is 679. The predicted molar refractivity (Wildman–Crippen MR) is 92.6 cm³/mol. The van der Waals surface area contributed by atoms with E-state index in [1.165, 1.54) is 11.4 Å². The lowest BCUT2D eigenvalue weighted by atomic mass is 10.2. The molecule has 0 aromatic heterocycles. The third kappa shape index (κ3) is 3.53. The second kappa shape index (κ2) is 7.30. The number of ether oxygens (including phenoxy) is 1. The molecule has 7 nitrogen and oxygen atoms in total. The van der Waals surface area contributed by atoms with Gasteiger partial charge in [-0.1, -0.05) is 0 Å². The average Bonchev–Trinajstić information content (AvgIpc) is 3.16. The molecule has 0 bridgehead atoms. The predicted octanol–water partition coefficient (Wildman–Crippen LogP) is 0.191. The maximum Gasteiger partial charge on any atom is 0.243 e. The van der Waals surface area contributed by atoms with Gasteiger partial charge in [0.05, 0.1) is 18.0 Å². The van der Waals surface area contributed by atoms with Crippen LogP contribution in [0.25, 0.3) is 0 Å². The minimum atomic E-state index is -3.54. The van der Waals surface area contributed by atoms with Crippen molar-refractivity contribution in [3.8, 4) is 5.75 Å². The normalized spacial score (nSPS) is 22.5. The third-order valence-electron chi connectivity index (χ3n) is 4.26. The van der Waals surface area contributed by atoms with Gasteiger partial charge >= 0.3 is 0 Å². The van der Waals surface area contributed by atoms with Crippen LogP contribution in [0.15, 0.2) is 29.2 Å². The van der Waals surface area contributed by atoms with Gasteiger partial charge in [0.15, 0.2) is 0 Å². The van der Waals surface area contributed by atoms with Crippen molar-refractivity contribution in [2.24, 2.45) is 0 Å². The lowest BCUT2D eigenvalue weighted by molar-refractivity contribution is -0.133. The van der Waals surface area contributed by atoms with Gasteiger partial charge in [-0.05, 0) is 24.3 Å². The lowest BCUT2D eigenvalue weighted by Gasteiger charge is -2.35. The lowest BCUT2D eigenvalue weighted by Crippen LogP contribution is -2.54. The van der Waals surface area contributed by atoms with Gasteiger partial charge in [0.2, 0.25) is 15.9 Å². The quantitative estimate of drug-likeness (QED) is 0.814. The second-order valence-electron chi connectivity index (χ2n) is 5.68. The molecule has 1 amide bonds. The van der Waals surface area contributed by atoms with Crippen LogP contribution >= 0.6 is 11.8 Å². The molecule has 132 valence electrons. The van der Waals surface area contributed by atoms with Gasteiger partial charge in [-0.3, -0.25) is 10.1 Å². The van der Waals surface area contributed by atoms with Crippen molar-refractivity contribution < 1.29 is 17.9 Å². The summed E-state index contributed by atoms with van der Waals surface area (Å²) >= 11 is 1.70. The highest BCUT2D eigenvalue weighted by Crippen LogP contribution is 2.21. The number of carbonyl (C=O) groups excluding carboxylic acids is 1. The van der Waals surface area contributed by atoms with E-state index in [0.29, 0.717) is 31.9 Å². The topological polar surface area (TPSA) is 79.0 Å². The second-order valence-corrected chi connectivity index (χ2v) is 8.64. The molecule has 1 atom stereocenters. The van der Waals surface area contributed by atoms with Crippen molar-refractivity contribution in [2.75, 3.05) is 44.9 Å². The molecule has 1 aromatic carbocycles. The smallest absolute Gasteiger partial charge is 0.243 e. The van der Waals surface area contributed by atoms with Gasteiger partial charge in [-0.15, -0.1) is 11.8 Å². The van der Waals surface area contributed by atoms with Gasteiger partial charge in [0, 0.05) is 37.8 Å². The average molecular weight is 371 g/mol. The van der Waals surface area contributed by atoms with Crippen LogP contribution < -0.4 is 10.1 Å². The standard InChI is InChI=1S/C15H21N3O4S2/c1-22-12-2-4-13(5-3-12)24(20,21)18-8-6-17(7-9-18)15(19)14-10-23-11-16-14/h2-5,14,16H,6-11H2,1H3. The Hall–Kier alpha value is -1.29. The Morgan fingerprint density at radius 3 is 2.42 bits per heavy atom. The molecule has 2 aliphatic rings. The molecular weight excluding hydrogens is 350 g/mol. The number of benzene rings is 1. The fourth-order valence-corrected chi connectivity index (χ4v) is 5.18. The number of sulfonamides is 1. The largest absolute Gasteiger partial charge is 0.497 e. The number of methoxy groups -OCH3 is 1. The Kier molecular flexibility index (Phi) is 5.33. The Labute approximate surface area is 146 Å². The first kappa shape index (κ1) is 17.5. The fraction of sp³-hybridized carbons (Fsp3) is 0.533. The van der Waals surface area contributed by atoms with Crippen LogP contribution in [0.2, 0.25) is 0 Å². The fourth-order valence-electron chi connectivity index (χ4n) is 2.82. The Balaban J connectivity index is 1.63. The summed E-state index contributed by atoms with van der Waals surface area (Å²) in [6.07, 6.45) is 0. The number of amides is 1. The molecule has 3 rings (SSSR count). The summed E-state index contributed by atoms with van der Waals surface area (Å²) < 4.78 is 31.9. The van der Waals surface area contributed by atoms with Crippen LogP contribution in [0.3, 0.4) is 0 Å². The van der Waals surface area contributed by atoms with Crippen molar-refractivity contribution in [2.45, 2.75) is 10.9 Å². The molecule has 1 unspecified atom stereocenters. The van der Waals surface area contributed by atoms with Crippen molar-refractivity contribution in [3.63, 3.8) is 0 Å². The van der Waals surface area contributed by atoms with Crippen LogP contribution in [-0.2, 0) is 14.8 Å². The zero-order valence-corrected chi connectivity index (χ0v) is 15.1. The molecule has 0 radical (unpaired) electrons. The Morgan fingerprint density at radius 2 is 1.88 bits per heavy atom. The van der Waals surface area contributed by atoms with E-state index in [0.717, 1.165) is 11.6 Å². The van der Waals surface area contributed by atoms with E-state index in [1.807, 2.05) is 0 Å². The number of hydrogen-bond donors (Lipinski definition) is 1. The molecule has 2 heterocycles. The van der Waals surface area contributed by atoms with E-state index in [9.17, 15) is 13.2 Å². The van der Waals surface area contributed by atoms with E-state index >= 15 is 0 Å². The molecule has 2 fully saturated rings. The summed E-state index contributed by atoms with van der Waals surface area (Å²) in [6, 6.07) is 6.22. The Morgan fingerprint density at radius 1 is 1.21 bits per heavy atom. The highest BCUT2D eigenvalue weighted by molar-refractivity contribution is 7.99. The van der Waals surface area contributed by atoms with E-state index in [2.05, 4.69) is 5.32 Å². The van der Waals surface area contributed by atoms with Gasteiger partial charge in [0.25, 0.3) is 0 Å². The maximum absolute atomic E-state index is 12.7. The van der Waals surface area contributed by atoms with Gasteiger partial charge in [-0.25, -0.2) is 8.42 Å². The summed E-state index contributed by atoms with van der Waals surface area (Å²) in [5.74, 6) is 2.26. The van der Waals surface area contributed by atoms with Crippen molar-refractivity contribution in [1.82, 2.24) is 14.5 Å². The molecular formula is C15H21N3O4S2. The number of nitrogens with zero attached hydrogens (tertiary/aromatic N) is 2. The molecule has 2 saturated heterocycles. The van der Waals surface area contributed by atoms with E-state index < -0.39 is 10.0 Å². The summed E-state index contributed by atoms with van der Waals surface area (Å²) in [6.45, 7) is 1.49. The highest BCUT2D eigenvalue weighted by atomic mass is 32.2. The molecule has 2 aliphatic heterocycles. The molecule has 24 heavy (non-hydrogen) atoms.